The monoisotopic (exact) mass is 487 g/mol. The molecule has 3 aromatic rings. The summed E-state index contributed by atoms with van der Waals surface area (Å²) in [5.41, 5.74) is -1.72. The second-order valence-corrected chi connectivity index (χ2v) is 7.56. The van der Waals surface area contributed by atoms with E-state index in [1.54, 1.807) is 18.0 Å². The lowest BCUT2D eigenvalue weighted by Crippen LogP contribution is -2.22. The largest absolute Gasteiger partial charge is 0.489 e. The lowest BCUT2D eigenvalue weighted by atomic mass is 10.0. The second-order valence-electron chi connectivity index (χ2n) is 7.56. The number of halogens is 3. The number of alkyl halides is 3. The molecule has 0 aliphatic carbocycles. The van der Waals surface area contributed by atoms with Crippen LogP contribution in [0.5, 0.6) is 5.75 Å². The lowest BCUT2D eigenvalue weighted by Gasteiger charge is -2.14. The van der Waals surface area contributed by atoms with Crippen molar-refractivity contribution in [1.29, 1.82) is 0 Å². The fourth-order valence-corrected chi connectivity index (χ4v) is 3.49. The van der Waals surface area contributed by atoms with Crippen LogP contribution in [0.3, 0.4) is 0 Å². The van der Waals surface area contributed by atoms with Crippen LogP contribution in [0.1, 0.15) is 30.3 Å². The van der Waals surface area contributed by atoms with Gasteiger partial charge in [-0.3, -0.25) is 0 Å². The number of carbonyl (C=O) groups excluding carboxylic acids is 1. The molecule has 1 aliphatic rings. The van der Waals surface area contributed by atoms with E-state index in [1.165, 1.54) is 12.2 Å². The number of nitrogens with one attached hydrogen (secondary N) is 1. The smallest absolute Gasteiger partial charge is 0.431 e. The zero-order valence-corrected chi connectivity index (χ0v) is 18.5. The van der Waals surface area contributed by atoms with E-state index in [9.17, 15) is 22.8 Å². The first kappa shape index (κ1) is 24.0. The highest BCUT2D eigenvalue weighted by atomic mass is 19.4. The van der Waals surface area contributed by atoms with Gasteiger partial charge in [0.1, 0.15) is 18.1 Å². The Bertz CT molecular complexity index is 1360. The van der Waals surface area contributed by atoms with Crippen LogP contribution in [0.4, 0.5) is 13.2 Å². The van der Waals surface area contributed by atoms with Crippen molar-refractivity contribution in [2.75, 3.05) is 13.2 Å². The number of rotatable bonds is 7. The van der Waals surface area contributed by atoms with Gasteiger partial charge in [0.2, 0.25) is 0 Å². The van der Waals surface area contributed by atoms with E-state index in [0.717, 1.165) is 16.8 Å². The van der Waals surface area contributed by atoms with Gasteiger partial charge in [-0.05, 0) is 42.0 Å². The molecule has 182 valence electrons. The van der Waals surface area contributed by atoms with E-state index < -0.39 is 29.6 Å². The Labute approximate surface area is 197 Å². The summed E-state index contributed by atoms with van der Waals surface area (Å²) in [5, 5.41) is 5.40. The Balaban J connectivity index is 1.59. The van der Waals surface area contributed by atoms with E-state index in [4.69, 9.17) is 14.3 Å². The van der Waals surface area contributed by atoms with E-state index in [0.29, 0.717) is 11.3 Å². The summed E-state index contributed by atoms with van der Waals surface area (Å²) in [6, 6.07) is 11.7. The number of H-pyrrole nitrogens is 1. The molecule has 8 nitrogen and oxygen atoms in total. The van der Waals surface area contributed by atoms with Gasteiger partial charge in [0, 0.05) is 12.0 Å². The minimum absolute atomic E-state index is 0.0626. The van der Waals surface area contributed by atoms with Crippen LogP contribution in [0.15, 0.2) is 52.4 Å². The molecular formula is C24H20F3N3O5. The molecule has 2 aromatic carbocycles. The topological polar surface area (TPSA) is 103 Å². The van der Waals surface area contributed by atoms with Gasteiger partial charge in [0.25, 0.3) is 0 Å². The average Bonchev–Trinajstić information content (AvgIpc) is 3.30. The molecule has 1 unspecified atom stereocenters. The zero-order valence-electron chi connectivity index (χ0n) is 18.5. The van der Waals surface area contributed by atoms with Crippen LogP contribution >= 0.6 is 0 Å². The number of aromatic amines is 1. The highest BCUT2D eigenvalue weighted by Gasteiger charge is 2.32. The SMILES string of the molecule is CCOC(=O)C1=NOC(COc2ccc3ccccc3c2/C=C/c2cc(C(F)(F)F)[nH]c(=O)n2)C1. The molecule has 1 aliphatic heterocycles. The van der Waals surface area contributed by atoms with Gasteiger partial charge in [0.05, 0.1) is 12.3 Å². The molecule has 0 bridgehead atoms. The predicted molar refractivity (Wildman–Crippen MR) is 122 cm³/mol. The minimum Gasteiger partial charge on any atom is -0.489 e. The summed E-state index contributed by atoms with van der Waals surface area (Å²) in [4.78, 5) is 34.0. The highest BCUT2D eigenvalue weighted by Crippen LogP contribution is 2.31. The lowest BCUT2D eigenvalue weighted by molar-refractivity contribution is -0.141. The fraction of sp³-hybridized carbons (Fsp3) is 0.250. The van der Waals surface area contributed by atoms with Gasteiger partial charge in [-0.1, -0.05) is 35.5 Å². The molecular weight excluding hydrogens is 467 g/mol. The van der Waals surface area contributed by atoms with Crippen molar-refractivity contribution in [3.8, 4) is 5.75 Å². The molecule has 1 N–H and O–H groups in total. The van der Waals surface area contributed by atoms with Crippen molar-refractivity contribution in [2.24, 2.45) is 5.16 Å². The number of oxime groups is 1. The van der Waals surface area contributed by atoms with E-state index in [2.05, 4.69) is 10.1 Å². The van der Waals surface area contributed by atoms with Crippen LogP contribution in [-0.2, 0) is 20.5 Å². The molecule has 4 rings (SSSR count). The molecule has 1 aromatic heterocycles. The molecule has 0 saturated carbocycles. The van der Waals surface area contributed by atoms with Crippen LogP contribution in [-0.4, -0.2) is 41.0 Å². The predicted octanol–water partition coefficient (Wildman–Crippen LogP) is 4.20. The van der Waals surface area contributed by atoms with Crippen molar-refractivity contribution < 1.29 is 32.3 Å². The molecule has 35 heavy (non-hydrogen) atoms. The van der Waals surface area contributed by atoms with Crippen LogP contribution in [0.25, 0.3) is 22.9 Å². The van der Waals surface area contributed by atoms with Crippen molar-refractivity contribution in [1.82, 2.24) is 9.97 Å². The Hall–Kier alpha value is -4.15. The number of carbonyl (C=O) groups is 1. The van der Waals surface area contributed by atoms with Gasteiger partial charge in [-0.15, -0.1) is 0 Å². The Kier molecular flexibility index (Phi) is 6.85. The molecule has 0 fully saturated rings. The number of fused-ring (bicyclic) bond motifs is 1. The maximum Gasteiger partial charge on any atom is 0.431 e. The highest BCUT2D eigenvalue weighted by molar-refractivity contribution is 6.36. The average molecular weight is 487 g/mol. The van der Waals surface area contributed by atoms with Crippen LogP contribution < -0.4 is 10.4 Å². The maximum absolute atomic E-state index is 13.1. The van der Waals surface area contributed by atoms with Gasteiger partial charge < -0.3 is 19.3 Å². The minimum atomic E-state index is -4.72. The molecule has 11 heteroatoms. The quantitative estimate of drug-likeness (QED) is 0.501. The van der Waals surface area contributed by atoms with Crippen molar-refractivity contribution in [2.45, 2.75) is 25.6 Å². The zero-order chi connectivity index (χ0) is 25.0. The Morgan fingerprint density at radius 2 is 2.03 bits per heavy atom. The van der Waals surface area contributed by atoms with E-state index >= 15 is 0 Å². The normalized spacial score (nSPS) is 15.8. The molecule has 0 radical (unpaired) electrons. The summed E-state index contributed by atoms with van der Waals surface area (Å²) in [6.07, 6.45) is -2.16. The summed E-state index contributed by atoms with van der Waals surface area (Å²) < 4.78 is 50.0. The first-order valence-corrected chi connectivity index (χ1v) is 10.7. The first-order valence-electron chi connectivity index (χ1n) is 10.7. The third-order valence-corrected chi connectivity index (χ3v) is 5.09. The second kappa shape index (κ2) is 10.00. The number of hydrogen-bond acceptors (Lipinski definition) is 7. The van der Waals surface area contributed by atoms with Crippen molar-refractivity contribution in [3.05, 3.63) is 69.9 Å². The number of esters is 1. The number of nitrogens with zero attached hydrogens (tertiary/aromatic N) is 2. The summed E-state index contributed by atoms with van der Waals surface area (Å²) in [7, 11) is 0. The standard InChI is InChI=1S/C24H20F3N3O5/c1-2-33-22(31)19-12-16(35-30-19)13-34-20-10-7-14-5-3-4-6-17(14)18(20)9-8-15-11-21(24(25,26)27)29-23(32)28-15/h3-11,16H,2,12-13H2,1H3,(H,28,29,32)/b9-8+. The number of ether oxygens (including phenoxy) is 2. The Morgan fingerprint density at radius 3 is 2.80 bits per heavy atom. The van der Waals surface area contributed by atoms with Crippen LogP contribution in [0.2, 0.25) is 0 Å². The van der Waals surface area contributed by atoms with Gasteiger partial charge >= 0.3 is 17.8 Å². The van der Waals surface area contributed by atoms with Gasteiger partial charge in [-0.2, -0.15) is 18.2 Å². The van der Waals surface area contributed by atoms with Crippen LogP contribution in [0, 0.1) is 0 Å². The maximum atomic E-state index is 13.1. The number of benzene rings is 2. The Morgan fingerprint density at radius 1 is 1.23 bits per heavy atom. The third kappa shape index (κ3) is 5.68. The fourth-order valence-electron chi connectivity index (χ4n) is 3.49. The van der Waals surface area contributed by atoms with Crippen molar-refractivity contribution in [3.63, 3.8) is 0 Å². The number of hydrogen-bond donors (Lipinski definition) is 1. The van der Waals surface area contributed by atoms with E-state index in [-0.39, 0.29) is 31.0 Å². The molecule has 0 amide bonds. The third-order valence-electron chi connectivity index (χ3n) is 5.09. The first-order chi connectivity index (χ1) is 16.7. The summed E-state index contributed by atoms with van der Waals surface area (Å²) in [5.74, 6) is -0.123. The molecule has 0 spiro atoms. The van der Waals surface area contributed by atoms with Gasteiger partial charge in [0.15, 0.2) is 11.8 Å². The molecule has 2 heterocycles. The number of aromatic nitrogens is 2. The van der Waals surface area contributed by atoms with Crippen molar-refractivity contribution >= 4 is 34.6 Å². The molecule has 0 saturated heterocycles. The summed E-state index contributed by atoms with van der Waals surface area (Å²) in [6.45, 7) is 1.97. The molecule has 1 atom stereocenters. The van der Waals surface area contributed by atoms with E-state index in [1.807, 2.05) is 30.3 Å². The van der Waals surface area contributed by atoms with Gasteiger partial charge in [-0.25, -0.2) is 9.59 Å². The summed E-state index contributed by atoms with van der Waals surface area (Å²) >= 11 is 0.